The number of likely N-dealkylation sites (N-methyl/N-ethyl adjacent to an activating group) is 1. The molecule has 0 aromatic heterocycles. The number of amides is 2. The summed E-state index contributed by atoms with van der Waals surface area (Å²) in [6.07, 6.45) is 0.854. The number of ether oxygens (including phenoxy) is 2. The lowest BCUT2D eigenvalue weighted by Gasteiger charge is -2.26. The van der Waals surface area contributed by atoms with Crippen molar-refractivity contribution < 1.29 is 24.0 Å². The summed E-state index contributed by atoms with van der Waals surface area (Å²) in [5, 5.41) is 6.11. The largest absolute Gasteiger partial charge is 0.490 e. The van der Waals surface area contributed by atoms with E-state index in [0.29, 0.717) is 19.8 Å². The number of rotatable bonds is 8. The van der Waals surface area contributed by atoms with Crippen molar-refractivity contribution in [2.45, 2.75) is 59.5 Å². The van der Waals surface area contributed by atoms with Crippen LogP contribution in [0.2, 0.25) is 0 Å². The molecule has 2 rings (SSSR count). The quantitative estimate of drug-likeness (QED) is 0.595. The average molecular weight is 421 g/mol. The molecule has 168 valence electrons. The van der Waals surface area contributed by atoms with Crippen molar-refractivity contribution in [3.05, 3.63) is 23.8 Å². The van der Waals surface area contributed by atoms with E-state index in [1.54, 1.807) is 0 Å². The minimum Gasteiger partial charge on any atom is -0.490 e. The predicted molar refractivity (Wildman–Crippen MR) is 117 cm³/mol. The van der Waals surface area contributed by atoms with Crippen LogP contribution in [-0.2, 0) is 9.59 Å². The molecule has 30 heavy (non-hydrogen) atoms. The van der Waals surface area contributed by atoms with Crippen LogP contribution in [0.5, 0.6) is 11.5 Å². The first-order valence-corrected chi connectivity index (χ1v) is 10.9. The molecule has 2 amide bonds. The molecule has 1 aliphatic heterocycles. The van der Waals surface area contributed by atoms with Gasteiger partial charge in [0.1, 0.15) is 0 Å². The summed E-state index contributed by atoms with van der Waals surface area (Å²) in [5.74, 6) is 1.56. The minimum atomic E-state index is -0.280. The second kappa shape index (κ2) is 10.7. The van der Waals surface area contributed by atoms with E-state index in [4.69, 9.17) is 9.47 Å². The highest BCUT2D eigenvalue weighted by Gasteiger charge is 2.24. The summed E-state index contributed by atoms with van der Waals surface area (Å²) in [6.45, 7) is 14.5. The molecule has 1 aromatic carbocycles. The van der Waals surface area contributed by atoms with E-state index in [1.807, 2.05) is 45.9 Å². The highest BCUT2D eigenvalue weighted by Crippen LogP contribution is 2.34. The third-order valence-corrected chi connectivity index (χ3v) is 4.95. The molecule has 0 saturated carbocycles. The standard InChI is InChI=1S/C23H37N3O4/c1-7-26(15-21(28)25-23(4,5)6)14-20(27)24-22(16(2)3)17-9-10-18-19(13-17)30-12-8-11-29-18/h9-10,13,16,22H,7-8,11-12,14-15H2,1-6H3,(H,24,27)(H,25,28)/p+1/t22-/m0/s1. The van der Waals surface area contributed by atoms with Gasteiger partial charge in [-0.25, -0.2) is 0 Å². The van der Waals surface area contributed by atoms with Gasteiger partial charge in [0.25, 0.3) is 11.8 Å². The molecule has 0 aliphatic carbocycles. The van der Waals surface area contributed by atoms with Crippen molar-refractivity contribution in [2.24, 2.45) is 5.92 Å². The number of carbonyl (C=O) groups excluding carboxylic acids is 2. The van der Waals surface area contributed by atoms with Crippen LogP contribution in [0.4, 0.5) is 0 Å². The predicted octanol–water partition coefficient (Wildman–Crippen LogP) is 1.48. The molecule has 2 atom stereocenters. The van der Waals surface area contributed by atoms with E-state index in [9.17, 15) is 9.59 Å². The third kappa shape index (κ3) is 7.52. The van der Waals surface area contributed by atoms with Crippen LogP contribution >= 0.6 is 0 Å². The van der Waals surface area contributed by atoms with Gasteiger partial charge in [-0.1, -0.05) is 19.9 Å². The Morgan fingerprint density at radius 2 is 1.70 bits per heavy atom. The van der Waals surface area contributed by atoms with Gasteiger partial charge in [-0.15, -0.1) is 0 Å². The van der Waals surface area contributed by atoms with E-state index in [0.717, 1.165) is 28.4 Å². The lowest BCUT2D eigenvalue weighted by molar-refractivity contribution is -0.881. The number of fused-ring (bicyclic) bond motifs is 1. The second-order valence-electron chi connectivity index (χ2n) is 9.30. The zero-order valence-corrected chi connectivity index (χ0v) is 19.3. The molecule has 1 heterocycles. The molecule has 1 unspecified atom stereocenters. The fraction of sp³-hybridized carbons (Fsp3) is 0.652. The van der Waals surface area contributed by atoms with Gasteiger partial charge in [0, 0.05) is 12.0 Å². The molecule has 1 aliphatic rings. The first-order chi connectivity index (χ1) is 14.1. The molecule has 0 spiro atoms. The van der Waals surface area contributed by atoms with Gasteiger partial charge in [-0.3, -0.25) is 9.59 Å². The Hall–Kier alpha value is -2.28. The monoisotopic (exact) mass is 420 g/mol. The first-order valence-electron chi connectivity index (χ1n) is 10.9. The fourth-order valence-electron chi connectivity index (χ4n) is 3.46. The van der Waals surface area contributed by atoms with Gasteiger partial charge in [-0.05, 0) is 51.3 Å². The Morgan fingerprint density at radius 3 is 2.30 bits per heavy atom. The maximum absolute atomic E-state index is 12.8. The molecule has 1 aromatic rings. The van der Waals surface area contributed by atoms with Crippen LogP contribution in [0.3, 0.4) is 0 Å². The van der Waals surface area contributed by atoms with E-state index >= 15 is 0 Å². The summed E-state index contributed by atoms with van der Waals surface area (Å²) in [6, 6.07) is 5.72. The number of nitrogens with one attached hydrogen (secondary N) is 3. The number of quaternary nitrogens is 1. The number of carbonyl (C=O) groups is 2. The maximum atomic E-state index is 12.8. The Labute approximate surface area is 180 Å². The van der Waals surface area contributed by atoms with Gasteiger partial charge >= 0.3 is 0 Å². The molecule has 0 saturated heterocycles. The Balaban J connectivity index is 2.03. The summed E-state index contributed by atoms with van der Waals surface area (Å²) in [7, 11) is 0. The van der Waals surface area contributed by atoms with Crippen molar-refractivity contribution in [1.29, 1.82) is 0 Å². The summed E-state index contributed by atoms with van der Waals surface area (Å²) >= 11 is 0. The van der Waals surface area contributed by atoms with Crippen molar-refractivity contribution in [2.75, 3.05) is 32.8 Å². The molecular formula is C23H38N3O4+. The highest BCUT2D eigenvalue weighted by molar-refractivity contribution is 5.79. The molecular weight excluding hydrogens is 382 g/mol. The fourth-order valence-corrected chi connectivity index (χ4v) is 3.46. The molecule has 7 heteroatoms. The Bertz CT molecular complexity index is 728. The molecule has 3 N–H and O–H groups in total. The lowest BCUT2D eigenvalue weighted by atomic mass is 9.95. The highest BCUT2D eigenvalue weighted by atomic mass is 16.5. The van der Waals surface area contributed by atoms with E-state index < -0.39 is 0 Å². The average Bonchev–Trinajstić information content (AvgIpc) is 2.88. The maximum Gasteiger partial charge on any atom is 0.275 e. The zero-order valence-electron chi connectivity index (χ0n) is 19.3. The van der Waals surface area contributed by atoms with Crippen LogP contribution in [-0.4, -0.2) is 50.2 Å². The summed E-state index contributed by atoms with van der Waals surface area (Å²) in [4.78, 5) is 26.0. The third-order valence-electron chi connectivity index (χ3n) is 4.95. The SMILES string of the molecule is CC[NH+](CC(=O)N[C@H](c1ccc2c(c1)OCCCO2)C(C)C)CC(=O)NC(C)(C)C. The van der Waals surface area contributed by atoms with Crippen LogP contribution in [0.25, 0.3) is 0 Å². The first kappa shape index (κ1) is 24.0. The zero-order chi connectivity index (χ0) is 22.3. The van der Waals surface area contributed by atoms with Crippen LogP contribution in [0.1, 0.15) is 59.6 Å². The minimum absolute atomic E-state index is 0.0459. The second-order valence-corrected chi connectivity index (χ2v) is 9.30. The van der Waals surface area contributed by atoms with Gasteiger partial charge in [0.15, 0.2) is 24.6 Å². The van der Waals surface area contributed by atoms with Gasteiger partial charge in [0.2, 0.25) is 0 Å². The lowest BCUT2D eigenvalue weighted by Crippen LogP contribution is -3.14. The van der Waals surface area contributed by atoms with Crippen molar-refractivity contribution >= 4 is 11.8 Å². The topological polar surface area (TPSA) is 81.1 Å². The van der Waals surface area contributed by atoms with Gasteiger partial charge in [0.05, 0.1) is 25.8 Å². The molecule has 7 nitrogen and oxygen atoms in total. The number of hydrogen-bond acceptors (Lipinski definition) is 4. The number of benzene rings is 1. The van der Waals surface area contributed by atoms with Crippen molar-refractivity contribution in [1.82, 2.24) is 10.6 Å². The summed E-state index contributed by atoms with van der Waals surface area (Å²) < 4.78 is 11.5. The van der Waals surface area contributed by atoms with E-state index in [2.05, 4.69) is 24.5 Å². The van der Waals surface area contributed by atoms with Gasteiger partial charge < -0.3 is 25.0 Å². The number of hydrogen-bond donors (Lipinski definition) is 3. The van der Waals surface area contributed by atoms with Crippen LogP contribution in [0.15, 0.2) is 18.2 Å². The molecule has 0 radical (unpaired) electrons. The molecule has 0 fully saturated rings. The normalized spacial score (nSPS) is 15.8. The van der Waals surface area contributed by atoms with Crippen molar-refractivity contribution in [3.63, 3.8) is 0 Å². The van der Waals surface area contributed by atoms with Crippen molar-refractivity contribution in [3.8, 4) is 11.5 Å². The van der Waals surface area contributed by atoms with Crippen LogP contribution < -0.4 is 25.0 Å². The Morgan fingerprint density at radius 1 is 1.07 bits per heavy atom. The van der Waals surface area contributed by atoms with Crippen LogP contribution in [0, 0.1) is 5.92 Å². The van der Waals surface area contributed by atoms with E-state index in [-0.39, 0.29) is 42.4 Å². The van der Waals surface area contributed by atoms with E-state index in [1.165, 1.54) is 0 Å². The molecule has 0 bridgehead atoms. The van der Waals surface area contributed by atoms with Gasteiger partial charge in [-0.2, -0.15) is 0 Å². The summed E-state index contributed by atoms with van der Waals surface area (Å²) in [5.41, 5.74) is 0.712. The Kier molecular flexibility index (Phi) is 8.53. The smallest absolute Gasteiger partial charge is 0.275 e.